The van der Waals surface area contributed by atoms with E-state index >= 15 is 0 Å². The van der Waals surface area contributed by atoms with Crippen LogP contribution in [0.5, 0.6) is 11.5 Å². The smallest absolute Gasteiger partial charge is 0.480 e. The van der Waals surface area contributed by atoms with Gasteiger partial charge in [0, 0.05) is 12.8 Å². The fourth-order valence-electron chi connectivity index (χ4n) is 2.89. The van der Waals surface area contributed by atoms with E-state index in [-0.39, 0.29) is 43.7 Å². The summed E-state index contributed by atoms with van der Waals surface area (Å²) in [7, 11) is 0. The minimum Gasteiger partial charge on any atom is -0.480 e. The number of carbonyl (C=O) groups excluding carboxylic acids is 3. The van der Waals surface area contributed by atoms with Crippen LogP contribution in [0.15, 0.2) is 18.2 Å². The van der Waals surface area contributed by atoms with Gasteiger partial charge in [-0.3, -0.25) is 4.79 Å². The minimum atomic E-state index is -1.86. The van der Waals surface area contributed by atoms with Crippen molar-refractivity contribution in [3.63, 3.8) is 0 Å². The van der Waals surface area contributed by atoms with Gasteiger partial charge in [-0.05, 0) is 51.8 Å². The van der Waals surface area contributed by atoms with E-state index in [0.29, 0.717) is 12.0 Å². The highest BCUT2D eigenvalue weighted by molar-refractivity contribution is 5.79. The van der Waals surface area contributed by atoms with Crippen molar-refractivity contribution in [2.75, 3.05) is 13.2 Å². The Balaban J connectivity index is 3.10. The summed E-state index contributed by atoms with van der Waals surface area (Å²) in [4.78, 5) is 47.4. The highest BCUT2D eigenvalue weighted by Gasteiger charge is 2.37. The van der Waals surface area contributed by atoms with Gasteiger partial charge in [0.1, 0.15) is 17.7 Å². The van der Waals surface area contributed by atoms with Gasteiger partial charge in [0.2, 0.25) is 0 Å². The van der Waals surface area contributed by atoms with Crippen molar-refractivity contribution in [2.45, 2.75) is 71.6 Å². The number of benzene rings is 1. The lowest BCUT2D eigenvalue weighted by molar-refractivity contribution is -0.144. The molecule has 0 bridgehead atoms. The predicted octanol–water partition coefficient (Wildman–Crippen LogP) is 3.81. The molecule has 35 heavy (non-hydrogen) atoms. The van der Waals surface area contributed by atoms with Crippen LogP contribution in [-0.2, 0) is 30.2 Å². The second kappa shape index (κ2) is 14.0. The van der Waals surface area contributed by atoms with Crippen LogP contribution in [0.2, 0.25) is 0 Å². The van der Waals surface area contributed by atoms with Gasteiger partial charge in [-0.2, -0.15) is 0 Å². The fourth-order valence-corrected chi connectivity index (χ4v) is 2.89. The molecule has 0 radical (unpaired) electrons. The van der Waals surface area contributed by atoms with E-state index < -0.39 is 36.1 Å². The molecule has 0 spiro atoms. The zero-order valence-corrected chi connectivity index (χ0v) is 20.5. The van der Waals surface area contributed by atoms with Crippen molar-refractivity contribution >= 4 is 24.4 Å². The number of hydrogen-bond acceptors (Lipinski definition) is 11. The number of carboxylic acid groups (broad SMARTS) is 1. The molecular formula is C23H33NO11. The lowest BCUT2D eigenvalue weighted by atomic mass is 9.86. The van der Waals surface area contributed by atoms with Crippen LogP contribution in [0, 0.1) is 0 Å². The molecule has 3 atom stereocenters. The first kappa shape index (κ1) is 29.5. The summed E-state index contributed by atoms with van der Waals surface area (Å²) in [6.07, 6.45) is -4.14. The summed E-state index contributed by atoms with van der Waals surface area (Å²) in [5.74, 6) is -1.70. The van der Waals surface area contributed by atoms with E-state index in [1.165, 1.54) is 25.1 Å². The predicted molar refractivity (Wildman–Crippen MR) is 121 cm³/mol. The van der Waals surface area contributed by atoms with Crippen LogP contribution in [0.25, 0.3) is 0 Å². The Hall–Kier alpha value is -3.54. The second-order valence-electron chi connectivity index (χ2n) is 7.71. The Morgan fingerprint density at radius 3 is 1.94 bits per heavy atom. The second-order valence-corrected chi connectivity index (χ2v) is 7.71. The van der Waals surface area contributed by atoms with Crippen LogP contribution in [0.4, 0.5) is 14.4 Å². The number of nitrogens with two attached hydrogens (primary N) is 1. The summed E-state index contributed by atoms with van der Waals surface area (Å²) >= 11 is 0. The highest BCUT2D eigenvalue weighted by atomic mass is 16.7. The number of carbonyl (C=O) groups is 4. The third kappa shape index (κ3) is 10.1. The monoisotopic (exact) mass is 499 g/mol. The van der Waals surface area contributed by atoms with Crippen LogP contribution in [0.3, 0.4) is 0 Å². The molecule has 0 heterocycles. The maximum atomic E-state index is 12.0. The molecule has 0 fully saturated rings. The van der Waals surface area contributed by atoms with E-state index in [4.69, 9.17) is 34.2 Å². The Kier molecular flexibility index (Phi) is 11.8. The summed E-state index contributed by atoms with van der Waals surface area (Å²) in [6.45, 7) is 8.28. The maximum Gasteiger partial charge on any atom is 0.513 e. The number of aliphatic carboxylic acids is 1. The van der Waals surface area contributed by atoms with Gasteiger partial charge < -0.3 is 39.3 Å². The molecule has 2 unspecified atom stereocenters. The van der Waals surface area contributed by atoms with E-state index in [0.717, 1.165) is 0 Å². The van der Waals surface area contributed by atoms with Crippen molar-refractivity contribution in [1.29, 1.82) is 0 Å². The first-order valence-electron chi connectivity index (χ1n) is 11.2. The third-order valence-corrected chi connectivity index (χ3v) is 4.69. The number of rotatable bonds is 12. The molecule has 12 nitrogen and oxygen atoms in total. The van der Waals surface area contributed by atoms with Crippen LogP contribution < -0.4 is 15.2 Å². The highest BCUT2D eigenvalue weighted by Crippen LogP contribution is 2.31. The normalized spacial score (nSPS) is 14.0. The molecule has 1 aromatic rings. The molecule has 3 N–H and O–H groups in total. The molecule has 0 amide bonds. The van der Waals surface area contributed by atoms with Crippen molar-refractivity contribution in [1.82, 2.24) is 0 Å². The average Bonchev–Trinajstić information content (AvgIpc) is 2.75. The molecule has 196 valence electrons. The summed E-state index contributed by atoms with van der Waals surface area (Å²) in [5.41, 5.74) is 4.64. The molecule has 12 heteroatoms. The molecule has 0 aliphatic heterocycles. The van der Waals surface area contributed by atoms with Gasteiger partial charge in [0.15, 0.2) is 11.5 Å². The van der Waals surface area contributed by atoms with Gasteiger partial charge >= 0.3 is 24.4 Å². The van der Waals surface area contributed by atoms with Crippen molar-refractivity contribution in [3.05, 3.63) is 23.8 Å². The minimum absolute atomic E-state index is 0.0366. The number of ether oxygens (including phenoxy) is 6. The zero-order valence-electron chi connectivity index (χ0n) is 20.5. The molecule has 0 aromatic heterocycles. The van der Waals surface area contributed by atoms with Gasteiger partial charge in [0.25, 0.3) is 0 Å². The first-order valence-corrected chi connectivity index (χ1v) is 11.2. The van der Waals surface area contributed by atoms with Crippen molar-refractivity contribution in [3.8, 4) is 11.5 Å². The molecule has 0 aliphatic carbocycles. The number of carboxylic acids is 1. The number of hydrogen-bond donors (Lipinski definition) is 2. The van der Waals surface area contributed by atoms with Gasteiger partial charge in [-0.15, -0.1) is 0 Å². The lowest BCUT2D eigenvalue weighted by Crippen LogP contribution is -2.52. The molecule has 1 rings (SSSR count). The maximum absolute atomic E-state index is 12.0. The van der Waals surface area contributed by atoms with E-state index in [9.17, 15) is 24.3 Å². The summed E-state index contributed by atoms with van der Waals surface area (Å²) in [5, 5.41) is 9.79. The molecular weight excluding hydrogens is 466 g/mol. The van der Waals surface area contributed by atoms with Crippen molar-refractivity contribution in [2.24, 2.45) is 5.73 Å². The molecule has 1 aromatic carbocycles. The Morgan fingerprint density at radius 1 is 0.886 bits per heavy atom. The first-order chi connectivity index (χ1) is 16.4. The fraction of sp³-hybridized carbons (Fsp3) is 0.565. The van der Waals surface area contributed by atoms with Gasteiger partial charge in [0.05, 0.1) is 13.2 Å². The van der Waals surface area contributed by atoms with Crippen LogP contribution >= 0.6 is 0 Å². The van der Waals surface area contributed by atoms with E-state index in [1.807, 2.05) is 6.92 Å². The summed E-state index contributed by atoms with van der Waals surface area (Å²) in [6, 6.07) is 4.03. The SMILES string of the molecule is CCOC(=O)Oc1ccc(CC(N)(C[C@H](C)OC(=O)OC(C)CC)C(=O)O)cc1OC(=O)OCC. The Labute approximate surface area is 203 Å². The standard InChI is InChI=1S/C23H33NO11/c1-6-14(4)32-22(29)33-15(5)12-23(24,19(25)26)13-16-9-10-17(34-20(27)30-7-2)18(11-16)35-21(28)31-8-3/h9-11,14-15H,6-8,12-13,24H2,1-5H3,(H,25,26)/t14?,15-,23?/m0/s1. The Bertz CT molecular complexity index is 888. The van der Waals surface area contributed by atoms with E-state index in [2.05, 4.69) is 0 Å². The van der Waals surface area contributed by atoms with Crippen LogP contribution in [-0.4, -0.2) is 60.5 Å². The summed E-state index contributed by atoms with van der Waals surface area (Å²) < 4.78 is 29.8. The molecule has 0 aliphatic rings. The van der Waals surface area contributed by atoms with Crippen LogP contribution in [0.1, 0.15) is 53.0 Å². The molecule has 0 saturated heterocycles. The quantitative estimate of drug-likeness (QED) is 0.242. The van der Waals surface area contributed by atoms with Gasteiger partial charge in [-0.1, -0.05) is 13.0 Å². The zero-order chi connectivity index (χ0) is 26.6. The van der Waals surface area contributed by atoms with E-state index in [1.54, 1.807) is 20.8 Å². The lowest BCUT2D eigenvalue weighted by Gasteiger charge is -2.28. The van der Waals surface area contributed by atoms with Gasteiger partial charge in [-0.25, -0.2) is 14.4 Å². The average molecular weight is 500 g/mol. The van der Waals surface area contributed by atoms with Crippen molar-refractivity contribution < 1.29 is 52.7 Å². The topological polar surface area (TPSA) is 170 Å². The Morgan fingerprint density at radius 2 is 1.43 bits per heavy atom. The largest absolute Gasteiger partial charge is 0.513 e. The molecule has 0 saturated carbocycles. The third-order valence-electron chi connectivity index (χ3n) is 4.69.